The Balaban J connectivity index is 1.45. The molecule has 176 valence electrons. The minimum absolute atomic E-state index is 0.160. The van der Waals surface area contributed by atoms with Gasteiger partial charge in [-0.2, -0.15) is 9.67 Å². The number of morpholine rings is 1. The summed E-state index contributed by atoms with van der Waals surface area (Å²) in [6.07, 6.45) is 1.43. The maximum atomic E-state index is 6.55. The van der Waals surface area contributed by atoms with Crippen molar-refractivity contribution >= 4 is 45.8 Å². The van der Waals surface area contributed by atoms with Crippen molar-refractivity contribution in [3.63, 3.8) is 0 Å². The van der Waals surface area contributed by atoms with Crippen LogP contribution in [0.1, 0.15) is 0 Å². The van der Waals surface area contributed by atoms with Gasteiger partial charge in [0, 0.05) is 30.2 Å². The first-order valence-corrected chi connectivity index (χ1v) is 10.9. The maximum absolute atomic E-state index is 6.55. The highest BCUT2D eigenvalue weighted by atomic mass is 35.5. The number of benzene rings is 2. The minimum atomic E-state index is 0.160. The Morgan fingerprint density at radius 2 is 1.82 bits per heavy atom. The van der Waals surface area contributed by atoms with Gasteiger partial charge in [0.15, 0.2) is 17.3 Å². The molecule has 0 bridgehead atoms. The molecule has 0 aliphatic carbocycles. The smallest absolute Gasteiger partial charge is 0.248 e. The van der Waals surface area contributed by atoms with Crippen LogP contribution in [0.25, 0.3) is 16.7 Å². The van der Waals surface area contributed by atoms with Crippen LogP contribution in [0.15, 0.2) is 36.7 Å². The molecule has 34 heavy (non-hydrogen) atoms. The summed E-state index contributed by atoms with van der Waals surface area (Å²) in [6.45, 7) is 2.98. The number of nitrogens with zero attached hydrogens (tertiary/aromatic N) is 6. The summed E-state index contributed by atoms with van der Waals surface area (Å²) in [5.41, 5.74) is 8.53. The van der Waals surface area contributed by atoms with Gasteiger partial charge < -0.3 is 30.2 Å². The minimum Gasteiger partial charge on any atom is -0.493 e. The molecule has 0 unspecified atom stereocenters. The number of methoxy groups -OCH3 is 2. The lowest BCUT2D eigenvalue weighted by Gasteiger charge is -2.29. The molecule has 4 aromatic rings. The SMILES string of the molecule is COc1cc2ncnc(-n3nc(Nc4ccc(N5CCOCC5)c(Cl)c4)nc3N)c2cc1OC. The average Bonchev–Trinajstić information content (AvgIpc) is 3.22. The molecule has 3 heterocycles. The summed E-state index contributed by atoms with van der Waals surface area (Å²) in [5.74, 6) is 2.03. The van der Waals surface area contributed by atoms with Gasteiger partial charge in [-0.1, -0.05) is 11.6 Å². The highest BCUT2D eigenvalue weighted by Gasteiger charge is 2.18. The predicted molar refractivity (Wildman–Crippen MR) is 130 cm³/mol. The number of aromatic nitrogens is 5. The second-order valence-electron chi connectivity index (χ2n) is 7.52. The van der Waals surface area contributed by atoms with E-state index < -0.39 is 0 Å². The van der Waals surface area contributed by atoms with E-state index in [1.807, 2.05) is 18.2 Å². The summed E-state index contributed by atoms with van der Waals surface area (Å²) < 4.78 is 17.6. The summed E-state index contributed by atoms with van der Waals surface area (Å²) in [7, 11) is 3.13. The van der Waals surface area contributed by atoms with E-state index in [2.05, 4.69) is 30.3 Å². The number of hydrogen-bond acceptors (Lipinski definition) is 10. The largest absolute Gasteiger partial charge is 0.493 e. The fourth-order valence-electron chi connectivity index (χ4n) is 3.85. The van der Waals surface area contributed by atoms with Gasteiger partial charge in [-0.15, -0.1) is 5.10 Å². The zero-order valence-electron chi connectivity index (χ0n) is 18.7. The lowest BCUT2D eigenvalue weighted by atomic mass is 10.2. The number of anilines is 4. The van der Waals surface area contributed by atoms with E-state index >= 15 is 0 Å². The first-order valence-electron chi connectivity index (χ1n) is 10.6. The van der Waals surface area contributed by atoms with Crippen molar-refractivity contribution in [1.29, 1.82) is 0 Å². The first kappa shape index (κ1) is 22.0. The van der Waals surface area contributed by atoms with Gasteiger partial charge in [0.2, 0.25) is 11.9 Å². The average molecular weight is 483 g/mol. The van der Waals surface area contributed by atoms with E-state index in [4.69, 9.17) is 31.5 Å². The summed E-state index contributed by atoms with van der Waals surface area (Å²) in [4.78, 5) is 15.2. The Kier molecular flexibility index (Phi) is 5.95. The second kappa shape index (κ2) is 9.20. The van der Waals surface area contributed by atoms with Crippen LogP contribution in [-0.4, -0.2) is 65.3 Å². The van der Waals surface area contributed by atoms with E-state index in [1.165, 1.54) is 11.0 Å². The van der Waals surface area contributed by atoms with E-state index in [0.717, 1.165) is 24.5 Å². The van der Waals surface area contributed by atoms with Gasteiger partial charge in [-0.25, -0.2) is 9.97 Å². The van der Waals surface area contributed by atoms with E-state index in [0.29, 0.717) is 52.4 Å². The molecule has 1 saturated heterocycles. The summed E-state index contributed by atoms with van der Waals surface area (Å²) in [6, 6.07) is 9.27. The number of halogens is 1. The predicted octanol–water partition coefficient (Wildman–Crippen LogP) is 3.04. The molecule has 0 saturated carbocycles. The fraction of sp³-hybridized carbons (Fsp3) is 0.273. The lowest BCUT2D eigenvalue weighted by Crippen LogP contribution is -2.36. The molecule has 2 aromatic heterocycles. The highest BCUT2D eigenvalue weighted by molar-refractivity contribution is 6.33. The van der Waals surface area contributed by atoms with Gasteiger partial charge in [-0.3, -0.25) is 0 Å². The summed E-state index contributed by atoms with van der Waals surface area (Å²) >= 11 is 6.55. The molecule has 1 aliphatic heterocycles. The zero-order valence-corrected chi connectivity index (χ0v) is 19.4. The second-order valence-corrected chi connectivity index (χ2v) is 7.92. The number of nitrogens with one attached hydrogen (secondary N) is 1. The van der Waals surface area contributed by atoms with Gasteiger partial charge in [0.1, 0.15) is 6.33 Å². The van der Waals surface area contributed by atoms with Crippen LogP contribution < -0.4 is 25.4 Å². The number of ether oxygens (including phenoxy) is 3. The van der Waals surface area contributed by atoms with Crippen LogP contribution in [0.3, 0.4) is 0 Å². The zero-order chi connectivity index (χ0) is 23.7. The molecule has 5 rings (SSSR count). The number of hydrogen-bond donors (Lipinski definition) is 2. The van der Waals surface area contributed by atoms with E-state index in [1.54, 1.807) is 26.4 Å². The number of fused-ring (bicyclic) bond motifs is 1. The number of nitrogen functional groups attached to an aromatic ring is 1. The molecule has 11 nitrogen and oxygen atoms in total. The maximum Gasteiger partial charge on any atom is 0.248 e. The fourth-order valence-corrected chi connectivity index (χ4v) is 4.15. The third-order valence-electron chi connectivity index (χ3n) is 5.51. The molecular formula is C22H23ClN8O3. The highest BCUT2D eigenvalue weighted by Crippen LogP contribution is 2.34. The molecule has 0 atom stereocenters. The molecule has 3 N–H and O–H groups in total. The molecule has 0 amide bonds. The quantitative estimate of drug-likeness (QED) is 0.423. The number of nitrogens with two attached hydrogens (primary N) is 1. The molecule has 12 heteroatoms. The van der Waals surface area contributed by atoms with Crippen molar-refractivity contribution in [3.8, 4) is 17.3 Å². The molecule has 1 fully saturated rings. The molecule has 1 aliphatic rings. The third kappa shape index (κ3) is 4.11. The van der Waals surface area contributed by atoms with Gasteiger partial charge in [0.05, 0.1) is 43.7 Å². The normalized spacial score (nSPS) is 13.8. The van der Waals surface area contributed by atoms with Gasteiger partial charge >= 0.3 is 0 Å². The summed E-state index contributed by atoms with van der Waals surface area (Å²) in [5, 5.41) is 8.97. The van der Waals surface area contributed by atoms with Crippen molar-refractivity contribution in [3.05, 3.63) is 41.7 Å². The molecule has 0 spiro atoms. The van der Waals surface area contributed by atoms with Gasteiger partial charge in [0.25, 0.3) is 0 Å². The molecule has 0 radical (unpaired) electrons. The Hall–Kier alpha value is -3.83. The Morgan fingerprint density at radius 3 is 2.56 bits per heavy atom. The Labute approximate surface area is 200 Å². The van der Waals surface area contributed by atoms with Crippen LogP contribution in [0.2, 0.25) is 5.02 Å². The van der Waals surface area contributed by atoms with Crippen molar-refractivity contribution in [1.82, 2.24) is 24.7 Å². The molecular weight excluding hydrogens is 460 g/mol. The molecule has 2 aromatic carbocycles. The first-order chi connectivity index (χ1) is 16.6. The topological polar surface area (TPSA) is 125 Å². The van der Waals surface area contributed by atoms with E-state index in [-0.39, 0.29) is 5.95 Å². The van der Waals surface area contributed by atoms with Crippen molar-refractivity contribution < 1.29 is 14.2 Å². The van der Waals surface area contributed by atoms with Crippen LogP contribution in [-0.2, 0) is 4.74 Å². The van der Waals surface area contributed by atoms with Crippen LogP contribution >= 0.6 is 11.6 Å². The van der Waals surface area contributed by atoms with E-state index in [9.17, 15) is 0 Å². The monoisotopic (exact) mass is 482 g/mol. The Bertz CT molecular complexity index is 1340. The lowest BCUT2D eigenvalue weighted by molar-refractivity contribution is 0.122. The third-order valence-corrected chi connectivity index (χ3v) is 5.81. The van der Waals surface area contributed by atoms with Crippen molar-refractivity contribution in [2.45, 2.75) is 0 Å². The van der Waals surface area contributed by atoms with Crippen molar-refractivity contribution in [2.75, 3.05) is 56.5 Å². The van der Waals surface area contributed by atoms with Crippen LogP contribution in [0.4, 0.5) is 23.3 Å². The standard InChI is InChI=1S/C22H23ClN8O3/c1-32-18-10-14-16(11-19(18)33-2)25-12-26-20(14)31-21(24)28-22(29-31)27-13-3-4-17(15(23)9-13)30-5-7-34-8-6-30/h3-4,9-12H,5-8H2,1-2H3,(H3,24,27,28,29). The van der Waals surface area contributed by atoms with Crippen molar-refractivity contribution in [2.24, 2.45) is 0 Å². The Morgan fingerprint density at radius 1 is 1.06 bits per heavy atom. The van der Waals surface area contributed by atoms with Crippen LogP contribution in [0.5, 0.6) is 11.5 Å². The van der Waals surface area contributed by atoms with Crippen LogP contribution in [0, 0.1) is 0 Å². The van der Waals surface area contributed by atoms with Gasteiger partial charge in [-0.05, 0) is 24.3 Å². The number of rotatable bonds is 6.